The van der Waals surface area contributed by atoms with Gasteiger partial charge in [-0.05, 0) is 34.0 Å². The van der Waals surface area contributed by atoms with E-state index in [0.29, 0.717) is 28.3 Å². The first-order chi connectivity index (χ1) is 10.5. The molecule has 0 amide bonds. The van der Waals surface area contributed by atoms with Crippen LogP contribution >= 0.6 is 35.0 Å². The lowest BCUT2D eigenvalue weighted by atomic mass is 10.2. The zero-order chi connectivity index (χ0) is 16.1. The molecular formula is C14H15Cl2N3O2S. The molecule has 0 atom stereocenters. The summed E-state index contributed by atoms with van der Waals surface area (Å²) in [5, 5.41) is 12.4. The van der Waals surface area contributed by atoms with Gasteiger partial charge < -0.3 is 10.1 Å². The molecule has 1 aromatic heterocycles. The summed E-state index contributed by atoms with van der Waals surface area (Å²) in [5.41, 5.74) is 1.01. The zero-order valence-corrected chi connectivity index (χ0v) is 14.3. The van der Waals surface area contributed by atoms with Crippen LogP contribution in [0.1, 0.15) is 17.8 Å². The van der Waals surface area contributed by atoms with Crippen molar-refractivity contribution in [3.8, 4) is 0 Å². The van der Waals surface area contributed by atoms with Crippen LogP contribution in [0.25, 0.3) is 0 Å². The van der Waals surface area contributed by atoms with Crippen molar-refractivity contribution in [2.45, 2.75) is 24.9 Å². The quantitative estimate of drug-likeness (QED) is 0.239. The number of benzene rings is 1. The molecule has 0 N–H and O–H groups in total. The average molecular weight is 360 g/mol. The number of rotatable bonds is 7. The predicted octanol–water partition coefficient (Wildman–Crippen LogP) is 4.52. The van der Waals surface area contributed by atoms with E-state index in [-0.39, 0.29) is 5.82 Å². The molecule has 2 aromatic rings. The lowest BCUT2D eigenvalue weighted by molar-refractivity contribution is -0.392. The van der Waals surface area contributed by atoms with Gasteiger partial charge in [0.1, 0.15) is 0 Å². The number of nitro groups is 1. The number of hydrogen-bond acceptors (Lipinski definition) is 4. The highest BCUT2D eigenvalue weighted by molar-refractivity contribution is 7.99. The summed E-state index contributed by atoms with van der Waals surface area (Å²) in [5.74, 6) is 1.78. The van der Waals surface area contributed by atoms with Crippen molar-refractivity contribution >= 4 is 40.8 Å². The van der Waals surface area contributed by atoms with Gasteiger partial charge in [0.25, 0.3) is 0 Å². The second kappa shape index (κ2) is 7.85. The van der Waals surface area contributed by atoms with E-state index in [2.05, 4.69) is 4.98 Å². The second-order valence-corrected chi connectivity index (χ2v) is 6.55. The molecule has 0 unspecified atom stereocenters. The van der Waals surface area contributed by atoms with Gasteiger partial charge in [-0.25, -0.2) is 0 Å². The van der Waals surface area contributed by atoms with Crippen LogP contribution in [-0.2, 0) is 6.54 Å². The fourth-order valence-electron chi connectivity index (χ4n) is 1.97. The number of thioether (sulfide) groups is 1. The number of aryl methyl sites for hydroxylation is 1. The number of alkyl halides is 1. The topological polar surface area (TPSA) is 61.0 Å². The van der Waals surface area contributed by atoms with Crippen molar-refractivity contribution in [2.24, 2.45) is 0 Å². The van der Waals surface area contributed by atoms with Gasteiger partial charge in [-0.2, -0.15) is 0 Å². The highest BCUT2D eigenvalue weighted by Gasteiger charge is 2.25. The average Bonchev–Trinajstić information content (AvgIpc) is 2.79. The summed E-state index contributed by atoms with van der Waals surface area (Å²) in [6.07, 6.45) is 0.786. The fraction of sp³-hybridized carbons (Fsp3) is 0.357. The van der Waals surface area contributed by atoms with E-state index in [1.165, 1.54) is 11.8 Å². The van der Waals surface area contributed by atoms with Gasteiger partial charge in [0, 0.05) is 23.6 Å². The van der Waals surface area contributed by atoms with Gasteiger partial charge >= 0.3 is 5.82 Å². The third-order valence-electron chi connectivity index (χ3n) is 3.04. The van der Waals surface area contributed by atoms with Gasteiger partial charge in [-0.15, -0.1) is 11.6 Å². The normalized spacial score (nSPS) is 10.9. The monoisotopic (exact) mass is 359 g/mol. The molecule has 0 saturated carbocycles. The van der Waals surface area contributed by atoms with E-state index in [0.717, 1.165) is 17.7 Å². The highest BCUT2D eigenvalue weighted by atomic mass is 35.5. The molecule has 0 fully saturated rings. The molecule has 1 heterocycles. The van der Waals surface area contributed by atoms with E-state index >= 15 is 0 Å². The van der Waals surface area contributed by atoms with Gasteiger partial charge in [-0.1, -0.05) is 35.5 Å². The Bertz CT molecular complexity index is 659. The molecule has 1 aromatic carbocycles. The Kier molecular flexibility index (Phi) is 6.11. The predicted molar refractivity (Wildman–Crippen MR) is 90.2 cm³/mol. The summed E-state index contributed by atoms with van der Waals surface area (Å²) in [6, 6.07) is 7.41. The zero-order valence-electron chi connectivity index (χ0n) is 12.0. The summed E-state index contributed by atoms with van der Waals surface area (Å²) < 4.78 is 1.86. The molecule has 0 aliphatic heterocycles. The third kappa shape index (κ3) is 4.15. The van der Waals surface area contributed by atoms with Crippen molar-refractivity contribution < 1.29 is 4.92 Å². The van der Waals surface area contributed by atoms with Crippen molar-refractivity contribution in [2.75, 3.05) is 11.6 Å². The van der Waals surface area contributed by atoms with Crippen LogP contribution in [0.15, 0.2) is 29.3 Å². The van der Waals surface area contributed by atoms with Crippen LogP contribution in [0.3, 0.4) is 0 Å². The van der Waals surface area contributed by atoms with Crippen LogP contribution in [0.5, 0.6) is 0 Å². The Labute approximate surface area is 142 Å². The molecule has 0 spiro atoms. The molecule has 0 radical (unpaired) electrons. The first kappa shape index (κ1) is 17.1. The minimum atomic E-state index is -0.436. The van der Waals surface area contributed by atoms with Gasteiger partial charge in [0.15, 0.2) is 5.03 Å². The highest BCUT2D eigenvalue weighted by Crippen LogP contribution is 2.31. The van der Waals surface area contributed by atoms with E-state index in [1.807, 2.05) is 16.7 Å². The minimum Gasteiger partial charge on any atom is -0.358 e. The summed E-state index contributed by atoms with van der Waals surface area (Å²) >= 11 is 13.0. The van der Waals surface area contributed by atoms with Crippen LogP contribution in [0.4, 0.5) is 5.82 Å². The largest absolute Gasteiger partial charge is 0.396 e. The lowest BCUT2D eigenvalue weighted by Gasteiger charge is -2.08. The van der Waals surface area contributed by atoms with E-state index in [9.17, 15) is 10.1 Å². The Morgan fingerprint density at radius 2 is 2.05 bits per heavy atom. The smallest absolute Gasteiger partial charge is 0.358 e. The maximum atomic E-state index is 11.2. The van der Waals surface area contributed by atoms with Crippen LogP contribution in [0, 0.1) is 17.0 Å². The molecule has 0 saturated heterocycles. The van der Waals surface area contributed by atoms with E-state index in [1.54, 1.807) is 19.1 Å². The SMILES string of the molecule is Cc1nc([N+](=O)[O-])c(SCCCCl)n1Cc1ccc(Cl)cc1. The number of aromatic nitrogens is 2. The maximum absolute atomic E-state index is 11.2. The van der Waals surface area contributed by atoms with Gasteiger partial charge in [0.05, 0.1) is 6.54 Å². The van der Waals surface area contributed by atoms with E-state index in [4.69, 9.17) is 23.2 Å². The Morgan fingerprint density at radius 3 is 2.64 bits per heavy atom. The van der Waals surface area contributed by atoms with Crippen molar-refractivity contribution in [3.63, 3.8) is 0 Å². The molecule has 0 bridgehead atoms. The first-order valence-corrected chi connectivity index (χ1v) is 8.57. The first-order valence-electron chi connectivity index (χ1n) is 6.67. The number of imidazole rings is 1. The molecular weight excluding hydrogens is 345 g/mol. The standard InChI is InChI=1S/C14H15Cl2N3O2S/c1-10-17-13(19(20)21)14(22-8-2-7-15)18(10)9-11-3-5-12(16)6-4-11/h3-6H,2,7-9H2,1H3. The lowest BCUT2D eigenvalue weighted by Crippen LogP contribution is -2.04. The number of halogens is 2. The summed E-state index contributed by atoms with van der Waals surface area (Å²) in [4.78, 5) is 14.8. The maximum Gasteiger partial charge on any atom is 0.396 e. The Hall–Kier alpha value is -1.24. The summed E-state index contributed by atoms with van der Waals surface area (Å²) in [7, 11) is 0. The van der Waals surface area contributed by atoms with Crippen LogP contribution in [-0.4, -0.2) is 26.1 Å². The van der Waals surface area contributed by atoms with E-state index < -0.39 is 4.92 Å². The minimum absolute atomic E-state index is 0.0916. The molecule has 0 aliphatic carbocycles. The second-order valence-electron chi connectivity index (χ2n) is 4.65. The molecule has 2 rings (SSSR count). The van der Waals surface area contributed by atoms with Gasteiger partial charge in [0.2, 0.25) is 5.82 Å². The molecule has 5 nitrogen and oxygen atoms in total. The van der Waals surface area contributed by atoms with Crippen molar-refractivity contribution in [1.29, 1.82) is 0 Å². The van der Waals surface area contributed by atoms with Crippen molar-refractivity contribution in [1.82, 2.24) is 9.55 Å². The van der Waals surface area contributed by atoms with Crippen LogP contribution in [0.2, 0.25) is 5.02 Å². The molecule has 0 aliphatic rings. The fourth-order valence-corrected chi connectivity index (χ4v) is 3.47. The third-order valence-corrected chi connectivity index (χ3v) is 4.73. The van der Waals surface area contributed by atoms with Crippen LogP contribution < -0.4 is 0 Å². The number of nitrogens with zero attached hydrogens (tertiary/aromatic N) is 3. The molecule has 118 valence electrons. The Balaban J connectivity index is 2.31. The molecule has 8 heteroatoms. The molecule has 22 heavy (non-hydrogen) atoms. The van der Waals surface area contributed by atoms with Gasteiger partial charge in [-0.3, -0.25) is 4.57 Å². The summed E-state index contributed by atoms with van der Waals surface area (Å²) in [6.45, 7) is 2.29. The Morgan fingerprint density at radius 1 is 1.36 bits per heavy atom. The number of hydrogen-bond donors (Lipinski definition) is 0. The van der Waals surface area contributed by atoms with Crippen molar-refractivity contribution in [3.05, 3.63) is 50.8 Å².